The Kier molecular flexibility index (Phi) is 2.88. The molecule has 1 heterocycles. The summed E-state index contributed by atoms with van der Waals surface area (Å²) < 4.78 is 52.8. The number of hydrogen-bond donors (Lipinski definition) is 0. The molecule has 0 aliphatic carbocycles. The minimum Gasteiger partial charge on any atom is -0.298 e. The van der Waals surface area contributed by atoms with E-state index in [1.54, 1.807) is 0 Å². The highest BCUT2D eigenvalue weighted by Gasteiger charge is 2.44. The van der Waals surface area contributed by atoms with Gasteiger partial charge < -0.3 is 0 Å². The Bertz CT molecular complexity index is 595. The monoisotopic (exact) mass is 275 g/mol. The van der Waals surface area contributed by atoms with Crippen LogP contribution in [-0.4, -0.2) is 29.0 Å². The second-order valence-electron chi connectivity index (χ2n) is 3.90. The first kappa shape index (κ1) is 13.2. The van der Waals surface area contributed by atoms with Crippen molar-refractivity contribution in [1.82, 2.24) is 4.90 Å². The van der Waals surface area contributed by atoms with Gasteiger partial charge in [-0.2, -0.15) is 0 Å². The number of fused-ring (bicyclic) bond motifs is 1. The topological polar surface area (TPSA) is 54.5 Å². The fourth-order valence-electron chi connectivity index (χ4n) is 1.76. The summed E-state index contributed by atoms with van der Waals surface area (Å²) in [4.78, 5) is 34.4. The zero-order valence-corrected chi connectivity index (χ0v) is 9.39. The van der Waals surface area contributed by atoms with Gasteiger partial charge in [-0.3, -0.25) is 19.3 Å². The number of benzene rings is 1. The summed E-state index contributed by atoms with van der Waals surface area (Å²) in [6, 6.07) is 0. The van der Waals surface area contributed by atoms with Crippen molar-refractivity contribution in [3.8, 4) is 0 Å². The van der Waals surface area contributed by atoms with Crippen LogP contribution < -0.4 is 0 Å². The number of imide groups is 1. The van der Waals surface area contributed by atoms with Crippen LogP contribution in [0.1, 0.15) is 27.6 Å². The van der Waals surface area contributed by atoms with Crippen LogP contribution in [0.25, 0.3) is 0 Å². The molecule has 2 rings (SSSR count). The number of nitrogens with zero attached hydrogens (tertiary/aromatic N) is 1. The van der Waals surface area contributed by atoms with E-state index in [2.05, 4.69) is 0 Å². The Hall–Kier alpha value is -2.25. The molecule has 0 spiro atoms. The molecule has 19 heavy (non-hydrogen) atoms. The van der Waals surface area contributed by atoms with Crippen molar-refractivity contribution >= 4 is 17.6 Å². The van der Waals surface area contributed by atoms with Gasteiger partial charge >= 0.3 is 0 Å². The molecular formula is C11H5F4NO3. The number of Topliss-reactive ketones (excluding diaryl/α,β-unsaturated/α-hetero) is 1. The Morgan fingerprint density at radius 1 is 0.895 bits per heavy atom. The minimum atomic E-state index is -2.18. The highest BCUT2D eigenvalue weighted by atomic mass is 19.2. The summed E-state index contributed by atoms with van der Waals surface area (Å²) in [6.07, 6.45) is 0. The van der Waals surface area contributed by atoms with E-state index < -0.39 is 58.5 Å². The van der Waals surface area contributed by atoms with Gasteiger partial charge in [-0.1, -0.05) is 0 Å². The lowest BCUT2D eigenvalue weighted by Gasteiger charge is -2.10. The first-order valence-corrected chi connectivity index (χ1v) is 4.99. The second-order valence-corrected chi connectivity index (χ2v) is 3.90. The predicted molar refractivity (Wildman–Crippen MR) is 52.3 cm³/mol. The Morgan fingerprint density at radius 2 is 1.26 bits per heavy atom. The van der Waals surface area contributed by atoms with Crippen LogP contribution in [0.3, 0.4) is 0 Å². The first-order chi connectivity index (χ1) is 8.77. The fourth-order valence-corrected chi connectivity index (χ4v) is 1.76. The molecule has 0 atom stereocenters. The summed E-state index contributed by atoms with van der Waals surface area (Å²) in [5, 5.41) is 0. The molecular weight excluding hydrogens is 270 g/mol. The summed E-state index contributed by atoms with van der Waals surface area (Å²) >= 11 is 0. The van der Waals surface area contributed by atoms with E-state index in [9.17, 15) is 31.9 Å². The lowest BCUT2D eigenvalue weighted by Crippen LogP contribution is -2.34. The Labute approximate surface area is 103 Å². The third-order valence-corrected chi connectivity index (χ3v) is 2.57. The van der Waals surface area contributed by atoms with E-state index in [-0.39, 0.29) is 4.90 Å². The Morgan fingerprint density at radius 3 is 1.58 bits per heavy atom. The second kappa shape index (κ2) is 4.15. The van der Waals surface area contributed by atoms with Crippen LogP contribution in [0.5, 0.6) is 0 Å². The van der Waals surface area contributed by atoms with Crippen LogP contribution >= 0.6 is 0 Å². The first-order valence-electron chi connectivity index (χ1n) is 4.99. The molecule has 1 aliphatic heterocycles. The van der Waals surface area contributed by atoms with Gasteiger partial charge in [-0.15, -0.1) is 0 Å². The summed E-state index contributed by atoms with van der Waals surface area (Å²) in [5.41, 5.74) is -2.38. The van der Waals surface area contributed by atoms with Crippen LogP contribution in [0.4, 0.5) is 17.6 Å². The maximum Gasteiger partial charge on any atom is 0.265 e. The summed E-state index contributed by atoms with van der Waals surface area (Å²) in [7, 11) is 0. The minimum absolute atomic E-state index is 0.234. The maximum atomic E-state index is 13.4. The fraction of sp³-hybridized carbons (Fsp3) is 0.182. The summed E-state index contributed by atoms with van der Waals surface area (Å²) in [6.45, 7) is 0.311. The smallest absolute Gasteiger partial charge is 0.265 e. The molecule has 0 saturated heterocycles. The molecule has 0 unspecified atom stereocenters. The summed E-state index contributed by atoms with van der Waals surface area (Å²) in [5.74, 6) is -11.6. The molecule has 0 radical (unpaired) electrons. The van der Waals surface area contributed by atoms with Crippen molar-refractivity contribution in [2.24, 2.45) is 0 Å². The number of hydrogen-bond acceptors (Lipinski definition) is 3. The van der Waals surface area contributed by atoms with Gasteiger partial charge in [0.15, 0.2) is 23.3 Å². The number of rotatable bonds is 2. The van der Waals surface area contributed by atoms with E-state index >= 15 is 0 Å². The van der Waals surface area contributed by atoms with Crippen molar-refractivity contribution in [2.75, 3.05) is 6.54 Å². The van der Waals surface area contributed by atoms with Crippen LogP contribution in [0.15, 0.2) is 0 Å². The number of carbonyl (C=O) groups is 3. The van der Waals surface area contributed by atoms with Crippen molar-refractivity contribution < 1.29 is 31.9 Å². The van der Waals surface area contributed by atoms with Crippen LogP contribution in [0, 0.1) is 23.3 Å². The van der Waals surface area contributed by atoms with E-state index in [1.165, 1.54) is 0 Å². The lowest BCUT2D eigenvalue weighted by molar-refractivity contribution is -0.117. The average Bonchev–Trinajstić information content (AvgIpc) is 2.58. The standard InChI is InChI=1S/C11H5F4NO3/c1-3(17)2-16-10(18)4-5(11(16)19)7(13)9(15)8(14)6(4)12/h2H2,1H3. The van der Waals surface area contributed by atoms with Crippen molar-refractivity contribution in [1.29, 1.82) is 0 Å². The third kappa shape index (κ3) is 1.71. The maximum absolute atomic E-state index is 13.4. The van der Waals surface area contributed by atoms with Gasteiger partial charge in [0, 0.05) is 0 Å². The lowest BCUT2D eigenvalue weighted by atomic mass is 10.1. The van der Waals surface area contributed by atoms with E-state index in [0.29, 0.717) is 0 Å². The van der Waals surface area contributed by atoms with Gasteiger partial charge in [-0.25, -0.2) is 17.6 Å². The van der Waals surface area contributed by atoms with Gasteiger partial charge in [0.05, 0.1) is 17.7 Å². The van der Waals surface area contributed by atoms with E-state index in [4.69, 9.17) is 0 Å². The molecule has 4 nitrogen and oxygen atoms in total. The van der Waals surface area contributed by atoms with Crippen molar-refractivity contribution in [3.05, 3.63) is 34.4 Å². The number of amides is 2. The quantitative estimate of drug-likeness (QED) is 0.355. The molecule has 1 aromatic rings. The van der Waals surface area contributed by atoms with Gasteiger partial charge in [0.2, 0.25) is 0 Å². The number of halogens is 4. The largest absolute Gasteiger partial charge is 0.298 e. The van der Waals surface area contributed by atoms with Gasteiger partial charge in [-0.05, 0) is 6.92 Å². The molecule has 0 bridgehead atoms. The normalized spacial score (nSPS) is 14.1. The molecule has 0 saturated carbocycles. The predicted octanol–water partition coefficient (Wildman–Crippen LogP) is 1.43. The molecule has 8 heteroatoms. The van der Waals surface area contributed by atoms with Crippen molar-refractivity contribution in [2.45, 2.75) is 6.92 Å². The molecule has 1 aromatic carbocycles. The van der Waals surface area contributed by atoms with Gasteiger partial charge in [0.25, 0.3) is 11.8 Å². The highest BCUT2D eigenvalue weighted by Crippen LogP contribution is 2.31. The van der Waals surface area contributed by atoms with E-state index in [1.807, 2.05) is 0 Å². The zero-order chi connectivity index (χ0) is 14.5. The van der Waals surface area contributed by atoms with Crippen molar-refractivity contribution in [3.63, 3.8) is 0 Å². The zero-order valence-electron chi connectivity index (χ0n) is 9.39. The molecule has 2 amide bonds. The molecule has 100 valence electrons. The SMILES string of the molecule is CC(=O)CN1C(=O)c2c(F)c(F)c(F)c(F)c2C1=O. The molecule has 1 aliphatic rings. The number of carbonyl (C=O) groups excluding carboxylic acids is 3. The molecule has 0 aromatic heterocycles. The molecule has 0 fully saturated rings. The average molecular weight is 275 g/mol. The number of ketones is 1. The van der Waals surface area contributed by atoms with Gasteiger partial charge in [0.1, 0.15) is 5.78 Å². The Balaban J connectivity index is 2.69. The third-order valence-electron chi connectivity index (χ3n) is 2.57. The van der Waals surface area contributed by atoms with Crippen LogP contribution in [0.2, 0.25) is 0 Å². The highest BCUT2D eigenvalue weighted by molar-refractivity contribution is 6.22. The van der Waals surface area contributed by atoms with E-state index in [0.717, 1.165) is 6.92 Å². The van der Waals surface area contributed by atoms with Crippen LogP contribution in [-0.2, 0) is 4.79 Å². The molecule has 0 N–H and O–H groups in total.